The molecule has 4 rings (SSSR count). The van der Waals surface area contributed by atoms with E-state index >= 15 is 0 Å². The molecule has 0 aliphatic heterocycles. The summed E-state index contributed by atoms with van der Waals surface area (Å²) in [6.07, 6.45) is 3.52. The third kappa shape index (κ3) is 6.10. The second kappa shape index (κ2) is 11.4. The van der Waals surface area contributed by atoms with Gasteiger partial charge in [-0.3, -0.25) is 25.0 Å². The van der Waals surface area contributed by atoms with Gasteiger partial charge in [-0.25, -0.2) is 10.2 Å². The average Bonchev–Trinajstić information content (AvgIpc) is 2.92. The van der Waals surface area contributed by atoms with Gasteiger partial charge in [0.25, 0.3) is 17.3 Å². The largest absolute Gasteiger partial charge is 0.423 e. The summed E-state index contributed by atoms with van der Waals surface area (Å²) in [5, 5.41) is 27.6. The fourth-order valence-electron chi connectivity index (χ4n) is 3.54. The minimum atomic E-state index is -0.834. The molecule has 0 aliphatic carbocycles. The lowest BCUT2D eigenvalue weighted by atomic mass is 10.0. The molecule has 1 N–H and O–H groups in total. The Morgan fingerprint density at radius 3 is 2.34 bits per heavy atom. The van der Waals surface area contributed by atoms with E-state index in [1.54, 1.807) is 30.3 Å². The molecule has 188 valence electrons. The van der Waals surface area contributed by atoms with Crippen LogP contribution in [-0.2, 0) is 4.79 Å². The van der Waals surface area contributed by atoms with Gasteiger partial charge in [-0.1, -0.05) is 48.5 Å². The fraction of sp³-hybridized carbons (Fsp3) is 0. The predicted molar refractivity (Wildman–Crippen MR) is 140 cm³/mol. The number of nitrogens with zero attached hydrogens (tertiary/aromatic N) is 3. The van der Waals surface area contributed by atoms with Crippen LogP contribution >= 0.6 is 0 Å². The highest BCUT2D eigenvalue weighted by Gasteiger charge is 2.14. The Bertz CT molecular complexity index is 1620. The van der Waals surface area contributed by atoms with Crippen molar-refractivity contribution < 1.29 is 24.2 Å². The molecule has 11 heteroatoms. The monoisotopic (exact) mass is 510 g/mol. The van der Waals surface area contributed by atoms with E-state index in [1.807, 2.05) is 18.2 Å². The van der Waals surface area contributed by atoms with Gasteiger partial charge in [0.2, 0.25) is 0 Å². The zero-order valence-electron chi connectivity index (χ0n) is 19.5. The van der Waals surface area contributed by atoms with Crippen LogP contribution in [0.25, 0.3) is 16.8 Å². The lowest BCUT2D eigenvalue weighted by Gasteiger charge is -2.07. The van der Waals surface area contributed by atoms with Crippen molar-refractivity contribution in [3.05, 3.63) is 128 Å². The highest BCUT2D eigenvalue weighted by atomic mass is 16.6. The van der Waals surface area contributed by atoms with E-state index in [4.69, 9.17) is 4.74 Å². The maximum atomic E-state index is 12.7. The van der Waals surface area contributed by atoms with Crippen LogP contribution in [0.5, 0.6) is 5.75 Å². The minimum Gasteiger partial charge on any atom is -0.423 e. The van der Waals surface area contributed by atoms with Crippen molar-refractivity contribution in [3.8, 4) is 5.75 Å². The van der Waals surface area contributed by atoms with Crippen LogP contribution < -0.4 is 10.2 Å². The first-order chi connectivity index (χ1) is 18.3. The Labute approximate surface area is 215 Å². The number of fused-ring (bicyclic) bond motifs is 1. The number of carbonyl (C=O) groups is 2. The van der Waals surface area contributed by atoms with Gasteiger partial charge in [-0.05, 0) is 34.5 Å². The molecule has 0 aliphatic rings. The van der Waals surface area contributed by atoms with E-state index < -0.39 is 21.7 Å². The molecule has 0 fully saturated rings. The summed E-state index contributed by atoms with van der Waals surface area (Å²) in [7, 11) is 0. The highest BCUT2D eigenvalue weighted by Crippen LogP contribution is 2.24. The van der Waals surface area contributed by atoms with Crippen molar-refractivity contribution in [2.75, 3.05) is 0 Å². The van der Waals surface area contributed by atoms with E-state index in [-0.39, 0.29) is 22.7 Å². The predicted octanol–water partition coefficient (Wildman–Crippen LogP) is 5.04. The number of nitrogens with one attached hydrogen (secondary N) is 1. The quantitative estimate of drug-likeness (QED) is 0.0870. The van der Waals surface area contributed by atoms with Crippen LogP contribution in [0.1, 0.15) is 21.5 Å². The molecule has 0 saturated heterocycles. The number of hydrogen-bond donors (Lipinski definition) is 1. The van der Waals surface area contributed by atoms with Gasteiger partial charge >= 0.3 is 5.97 Å². The number of non-ortho nitro benzene ring substituents is 2. The Balaban J connectivity index is 1.52. The van der Waals surface area contributed by atoms with Crippen molar-refractivity contribution >= 4 is 46.3 Å². The Morgan fingerprint density at radius 2 is 1.55 bits per heavy atom. The standard InChI is InChI=1S/C27H18N4O7/c32-26(14-11-18-5-3-8-21(15-18)30(34)35)38-25-13-12-22(31(36)37)16-20(25)17-28-29-27(33)24-10-4-7-19-6-1-2-9-23(19)24/h1-17H,(H,29,33)/b14-11+,28-17+. The topological polar surface area (TPSA) is 154 Å². The van der Waals surface area contributed by atoms with Crippen LogP contribution in [0.2, 0.25) is 0 Å². The van der Waals surface area contributed by atoms with Crippen LogP contribution in [-0.4, -0.2) is 27.9 Å². The molecule has 0 saturated carbocycles. The second-order valence-electron chi connectivity index (χ2n) is 7.81. The van der Waals surface area contributed by atoms with Crippen LogP contribution in [0.4, 0.5) is 11.4 Å². The summed E-state index contributed by atoms with van der Waals surface area (Å²) in [6.45, 7) is 0. The van der Waals surface area contributed by atoms with Crippen LogP contribution in [0, 0.1) is 20.2 Å². The molecular formula is C27H18N4O7. The zero-order valence-corrected chi connectivity index (χ0v) is 19.5. The summed E-state index contributed by atoms with van der Waals surface area (Å²) >= 11 is 0. The van der Waals surface area contributed by atoms with Gasteiger partial charge < -0.3 is 4.74 Å². The lowest BCUT2D eigenvalue weighted by molar-refractivity contribution is -0.385. The maximum Gasteiger partial charge on any atom is 0.336 e. The molecule has 38 heavy (non-hydrogen) atoms. The third-order valence-corrected chi connectivity index (χ3v) is 5.31. The van der Waals surface area contributed by atoms with Gasteiger partial charge in [0.1, 0.15) is 5.75 Å². The number of nitro groups is 2. The first-order valence-electron chi connectivity index (χ1n) is 11.1. The smallest absolute Gasteiger partial charge is 0.336 e. The molecule has 0 radical (unpaired) electrons. The van der Waals surface area contributed by atoms with Gasteiger partial charge in [0.05, 0.1) is 16.1 Å². The summed E-state index contributed by atoms with van der Waals surface area (Å²) in [4.78, 5) is 46.0. The molecule has 0 spiro atoms. The zero-order chi connectivity index (χ0) is 27.1. The summed E-state index contributed by atoms with van der Waals surface area (Å²) in [6, 6.07) is 21.7. The SMILES string of the molecule is O=C(/C=C/c1cccc([N+](=O)[O-])c1)Oc1ccc([N+](=O)[O-])cc1/C=N/NC(=O)c1cccc2ccccc12. The summed E-state index contributed by atoms with van der Waals surface area (Å²) in [5.41, 5.74) is 2.81. The first kappa shape index (κ1) is 25.4. The number of amides is 1. The summed E-state index contributed by atoms with van der Waals surface area (Å²) in [5.74, 6) is -1.38. The molecule has 0 bridgehead atoms. The van der Waals surface area contributed by atoms with Crippen molar-refractivity contribution in [3.63, 3.8) is 0 Å². The van der Waals surface area contributed by atoms with E-state index in [0.29, 0.717) is 11.1 Å². The summed E-state index contributed by atoms with van der Waals surface area (Å²) < 4.78 is 5.29. The molecule has 0 unspecified atom stereocenters. The van der Waals surface area contributed by atoms with Crippen molar-refractivity contribution in [1.82, 2.24) is 5.43 Å². The van der Waals surface area contributed by atoms with Crippen molar-refractivity contribution in [1.29, 1.82) is 0 Å². The normalized spacial score (nSPS) is 11.1. The molecule has 4 aromatic carbocycles. The molecular weight excluding hydrogens is 492 g/mol. The number of rotatable bonds is 8. The number of nitro benzene ring substituents is 2. The Hall–Kier alpha value is -5.71. The molecule has 0 heterocycles. The number of carbonyl (C=O) groups excluding carboxylic acids is 2. The molecule has 11 nitrogen and oxygen atoms in total. The van der Waals surface area contributed by atoms with Crippen LogP contribution in [0.3, 0.4) is 0 Å². The second-order valence-corrected chi connectivity index (χ2v) is 7.81. The molecule has 0 aromatic heterocycles. The van der Waals surface area contributed by atoms with Crippen molar-refractivity contribution in [2.45, 2.75) is 0 Å². The van der Waals surface area contributed by atoms with Crippen molar-refractivity contribution in [2.24, 2.45) is 5.10 Å². The number of ether oxygens (including phenoxy) is 1. The van der Waals surface area contributed by atoms with E-state index in [9.17, 15) is 29.8 Å². The molecule has 0 atom stereocenters. The van der Waals surface area contributed by atoms with Gasteiger partial charge in [-0.2, -0.15) is 5.10 Å². The average molecular weight is 510 g/mol. The number of benzene rings is 4. The maximum absolute atomic E-state index is 12.7. The van der Waals surface area contributed by atoms with Gasteiger partial charge in [0, 0.05) is 41.5 Å². The number of hydrazone groups is 1. The molecule has 1 amide bonds. The van der Waals surface area contributed by atoms with Gasteiger partial charge in [0.15, 0.2) is 0 Å². The minimum absolute atomic E-state index is 0.0487. The Kier molecular flexibility index (Phi) is 7.58. The highest BCUT2D eigenvalue weighted by molar-refractivity contribution is 6.07. The lowest BCUT2D eigenvalue weighted by Crippen LogP contribution is -2.18. The van der Waals surface area contributed by atoms with E-state index in [1.165, 1.54) is 30.3 Å². The fourth-order valence-corrected chi connectivity index (χ4v) is 3.54. The third-order valence-electron chi connectivity index (χ3n) is 5.31. The Morgan fingerprint density at radius 1 is 0.842 bits per heavy atom. The molecule has 4 aromatic rings. The van der Waals surface area contributed by atoms with Crippen LogP contribution in [0.15, 0.2) is 96.1 Å². The van der Waals surface area contributed by atoms with E-state index in [0.717, 1.165) is 35.2 Å². The van der Waals surface area contributed by atoms with Gasteiger partial charge in [-0.15, -0.1) is 0 Å². The number of hydrogen-bond acceptors (Lipinski definition) is 8. The number of esters is 1. The first-order valence-corrected chi connectivity index (χ1v) is 11.1. The van der Waals surface area contributed by atoms with E-state index in [2.05, 4.69) is 10.5 Å².